The monoisotopic (exact) mass is 1090 g/mol. The first kappa shape index (κ1) is 55.3. The van der Waals surface area contributed by atoms with Gasteiger partial charge in [-0.15, -0.1) is 0 Å². The Balaban J connectivity index is 0.723. The molecular formula is C62H62N8O11. The minimum absolute atomic E-state index is 0.0517. The zero-order valence-corrected chi connectivity index (χ0v) is 45.1. The van der Waals surface area contributed by atoms with Gasteiger partial charge in [-0.25, -0.2) is 0 Å². The molecule has 10 aromatic rings. The fraction of sp³-hybridized carbons (Fsp3) is 0.290. The third-order valence-electron chi connectivity index (χ3n) is 15.2. The lowest BCUT2D eigenvalue weighted by Gasteiger charge is -2.12. The van der Waals surface area contributed by atoms with E-state index in [0.29, 0.717) is 22.7 Å². The second kappa shape index (κ2) is 23.3. The molecule has 10 rings (SSSR count). The quantitative estimate of drug-likeness (QED) is 0.0156. The Morgan fingerprint density at radius 2 is 0.691 bits per heavy atom. The summed E-state index contributed by atoms with van der Waals surface area (Å²) in [6.45, 7) is 5.24. The molecule has 0 bridgehead atoms. The Hall–Kier alpha value is -9.04. The number of aromatic nitrogens is 2. The average Bonchev–Trinajstić information content (AvgIpc) is 2.66. The van der Waals surface area contributed by atoms with Crippen molar-refractivity contribution < 1.29 is 14.2 Å². The van der Waals surface area contributed by atoms with Gasteiger partial charge in [0.15, 0.2) is 21.7 Å². The summed E-state index contributed by atoms with van der Waals surface area (Å²) in [7, 11) is 0. The maximum absolute atomic E-state index is 14.3. The third-order valence-corrected chi connectivity index (χ3v) is 15.2. The summed E-state index contributed by atoms with van der Waals surface area (Å²) in [4.78, 5) is 112. The Labute approximate surface area is 461 Å². The van der Waals surface area contributed by atoms with Crippen LogP contribution in [0.1, 0.15) is 63.5 Å². The molecule has 19 heteroatoms. The smallest absolute Gasteiger partial charge is 0.263 e. The minimum Gasteiger partial charge on any atom is -0.397 e. The summed E-state index contributed by atoms with van der Waals surface area (Å²) < 4.78 is 19.0. The fourth-order valence-electron chi connectivity index (χ4n) is 11.0. The van der Waals surface area contributed by atoms with E-state index in [9.17, 15) is 38.4 Å². The van der Waals surface area contributed by atoms with Crippen LogP contribution in [-0.4, -0.2) is 48.8 Å². The maximum atomic E-state index is 14.3. The second-order valence-corrected chi connectivity index (χ2v) is 20.3. The lowest BCUT2D eigenvalue weighted by Crippen LogP contribution is -2.26. The molecule has 0 atom stereocenters. The topological polar surface area (TPSA) is 302 Å². The summed E-state index contributed by atoms with van der Waals surface area (Å²) in [5.41, 5.74) is 24.3. The molecule has 2 heterocycles. The van der Waals surface area contributed by atoms with Crippen molar-refractivity contribution in [2.75, 3.05) is 73.2 Å². The minimum atomic E-state index is -0.730. The summed E-state index contributed by atoms with van der Waals surface area (Å²) in [6.07, 6.45) is 6.65. The molecule has 81 heavy (non-hydrogen) atoms. The predicted octanol–water partition coefficient (Wildman–Crippen LogP) is 6.87. The van der Waals surface area contributed by atoms with Crippen LogP contribution < -0.4 is 77.5 Å². The third kappa shape index (κ3) is 10.1. The number of benzene rings is 8. The zero-order valence-electron chi connectivity index (χ0n) is 45.1. The van der Waals surface area contributed by atoms with Gasteiger partial charge in [0.25, 0.3) is 22.2 Å². The van der Waals surface area contributed by atoms with Crippen molar-refractivity contribution >= 4 is 110 Å². The van der Waals surface area contributed by atoms with Gasteiger partial charge >= 0.3 is 0 Å². The molecular weight excluding hydrogens is 1030 g/mol. The molecule has 0 fully saturated rings. The van der Waals surface area contributed by atoms with Gasteiger partial charge in [-0.2, -0.15) is 0 Å². The molecule has 416 valence electrons. The van der Waals surface area contributed by atoms with Crippen LogP contribution in [0.3, 0.4) is 0 Å². The van der Waals surface area contributed by atoms with Gasteiger partial charge in [0.2, 0.25) is 0 Å². The maximum Gasteiger partial charge on any atom is 0.263 e. The number of ether oxygens (including phenoxy) is 3. The van der Waals surface area contributed by atoms with Crippen LogP contribution in [0.2, 0.25) is 0 Å². The first-order valence-electron chi connectivity index (χ1n) is 27.3. The zero-order chi connectivity index (χ0) is 57.2. The molecule has 8 aromatic carbocycles. The highest BCUT2D eigenvalue weighted by atomic mass is 16.5. The SMILES string of the molecule is CCCCc1ccc(Nc2cccc3c(=O)c4c(N)c5c(=O)n(CCCOCCOCCOCCCn6c(=O)c7c(N)c8c(=O)c9cccc(Nc%10ccc(CCCC)cc%10)c9c(=O)c8c(N)c7c6=O)c(=O)c5c(N)c4c(=O)c23)cc1. The number of nitrogen functional groups attached to an aromatic ring is 4. The highest BCUT2D eigenvalue weighted by Gasteiger charge is 2.28. The molecule has 0 aliphatic rings. The van der Waals surface area contributed by atoms with Crippen LogP contribution >= 0.6 is 0 Å². The molecule has 0 spiro atoms. The number of nitrogens with zero attached hydrogens (tertiary/aromatic N) is 2. The van der Waals surface area contributed by atoms with Gasteiger partial charge in [0, 0.05) is 48.5 Å². The van der Waals surface area contributed by atoms with Gasteiger partial charge in [0.05, 0.1) is 114 Å². The summed E-state index contributed by atoms with van der Waals surface area (Å²) in [6, 6.07) is 25.3. The molecule has 0 saturated heterocycles. The number of fused-ring (bicyclic) bond motifs is 6. The summed E-state index contributed by atoms with van der Waals surface area (Å²) in [5.74, 6) is 0. The van der Waals surface area contributed by atoms with E-state index in [4.69, 9.17) is 37.1 Å². The van der Waals surface area contributed by atoms with Crippen molar-refractivity contribution in [2.24, 2.45) is 0 Å². The van der Waals surface area contributed by atoms with Crippen LogP contribution in [0, 0.1) is 0 Å². The van der Waals surface area contributed by atoms with E-state index in [1.807, 2.05) is 48.5 Å². The Morgan fingerprint density at radius 1 is 0.370 bits per heavy atom. The summed E-state index contributed by atoms with van der Waals surface area (Å²) in [5, 5.41) is 5.20. The fourth-order valence-corrected chi connectivity index (χ4v) is 11.0. The van der Waals surface area contributed by atoms with Crippen molar-refractivity contribution in [3.63, 3.8) is 0 Å². The van der Waals surface area contributed by atoms with Crippen molar-refractivity contribution in [1.82, 2.24) is 9.13 Å². The lowest BCUT2D eigenvalue weighted by atomic mass is 9.96. The van der Waals surface area contributed by atoms with Crippen molar-refractivity contribution in [3.05, 3.63) is 178 Å². The van der Waals surface area contributed by atoms with Crippen LogP contribution in [0.5, 0.6) is 0 Å². The van der Waals surface area contributed by atoms with Crippen LogP contribution in [0.15, 0.2) is 123 Å². The number of nitrogens with one attached hydrogen (secondary N) is 2. The molecule has 0 saturated carbocycles. The Kier molecular flexibility index (Phi) is 15.9. The van der Waals surface area contributed by atoms with Crippen molar-refractivity contribution in [2.45, 2.75) is 78.3 Å². The molecule has 19 nitrogen and oxygen atoms in total. The second-order valence-electron chi connectivity index (χ2n) is 20.3. The summed E-state index contributed by atoms with van der Waals surface area (Å²) >= 11 is 0. The van der Waals surface area contributed by atoms with Crippen molar-refractivity contribution in [1.29, 1.82) is 0 Å². The van der Waals surface area contributed by atoms with E-state index in [1.165, 1.54) is 23.3 Å². The van der Waals surface area contributed by atoms with Crippen molar-refractivity contribution in [3.8, 4) is 0 Å². The number of aryl methyl sites for hydroxylation is 2. The standard InChI is InChI=1S/C62H62N8O11/c1-3-5-11-33-17-21-35(22-18-33)67-39-15-7-13-37-41(39)57(73)45-43(55(37)71)51(63)47-49(53(45)65)61(77)69(59(47)75)25-9-27-79-29-31-81-32-30-80-28-10-26-70-60(76)48-50(62(70)78)54(66)46-44(52(48)64)56(72)38-14-8-16-40(42(38)58(46)74)68-36-23-19-34(20-24-36)12-6-4-2/h7-8,13-24,67-68H,3-6,9-12,25-32,63-66H2,1-2H3. The van der Waals surface area contributed by atoms with Crippen LogP contribution in [0.4, 0.5) is 45.5 Å². The van der Waals surface area contributed by atoms with Gasteiger partial charge < -0.3 is 47.8 Å². The molecule has 0 aliphatic carbocycles. The van der Waals surface area contributed by atoms with E-state index in [1.54, 1.807) is 24.3 Å². The van der Waals surface area contributed by atoms with E-state index < -0.39 is 44.0 Å². The van der Waals surface area contributed by atoms with Gasteiger partial charge in [-0.3, -0.25) is 47.5 Å². The molecule has 10 N–H and O–H groups in total. The average molecular weight is 1100 g/mol. The van der Waals surface area contributed by atoms with E-state index >= 15 is 0 Å². The normalized spacial score (nSPS) is 11.9. The lowest BCUT2D eigenvalue weighted by molar-refractivity contribution is 0.0128. The molecule has 0 amide bonds. The number of nitrogens with two attached hydrogens (primary N) is 4. The largest absolute Gasteiger partial charge is 0.397 e. The van der Waals surface area contributed by atoms with E-state index in [0.717, 1.165) is 47.7 Å². The van der Waals surface area contributed by atoms with E-state index in [2.05, 4.69) is 24.5 Å². The first-order valence-corrected chi connectivity index (χ1v) is 27.3. The highest BCUT2D eigenvalue weighted by Crippen LogP contribution is 2.35. The van der Waals surface area contributed by atoms with Gasteiger partial charge in [0.1, 0.15) is 0 Å². The van der Waals surface area contributed by atoms with Crippen LogP contribution in [0.25, 0.3) is 64.6 Å². The van der Waals surface area contributed by atoms with Gasteiger partial charge in [-0.05, 0) is 86.1 Å². The number of hydrogen-bond donors (Lipinski definition) is 6. The number of anilines is 8. The molecule has 0 radical (unpaired) electrons. The number of unbranched alkanes of at least 4 members (excludes halogenated alkanes) is 2. The number of hydrogen-bond acceptors (Lipinski definition) is 17. The van der Waals surface area contributed by atoms with Crippen LogP contribution in [-0.2, 0) is 40.1 Å². The Morgan fingerprint density at radius 3 is 1.02 bits per heavy atom. The predicted molar refractivity (Wildman–Crippen MR) is 325 cm³/mol. The van der Waals surface area contributed by atoms with Gasteiger partial charge in [-0.1, -0.05) is 75.2 Å². The highest BCUT2D eigenvalue weighted by molar-refractivity contribution is 6.23. The molecule has 0 aliphatic heterocycles. The molecule has 0 unspecified atom stereocenters. The number of rotatable bonds is 24. The Bertz CT molecular complexity index is 4250. The van der Waals surface area contributed by atoms with E-state index in [-0.39, 0.29) is 153 Å². The molecule has 2 aromatic heterocycles. The first-order chi connectivity index (χ1) is 39.2.